The monoisotopic (exact) mass is 217 g/mol. The van der Waals surface area contributed by atoms with Crippen molar-refractivity contribution in [2.24, 2.45) is 0 Å². The van der Waals surface area contributed by atoms with E-state index in [1.807, 2.05) is 13.1 Å². The molecule has 1 atom stereocenters. The minimum atomic E-state index is 0.228. The van der Waals surface area contributed by atoms with Gasteiger partial charge in [-0.15, -0.1) is 6.58 Å². The van der Waals surface area contributed by atoms with Crippen LogP contribution in [-0.4, -0.2) is 7.05 Å². The van der Waals surface area contributed by atoms with Crippen molar-refractivity contribution in [1.82, 2.24) is 5.32 Å². The van der Waals surface area contributed by atoms with E-state index in [2.05, 4.69) is 56.9 Å². The van der Waals surface area contributed by atoms with E-state index in [9.17, 15) is 0 Å². The Kier molecular flexibility index (Phi) is 4.31. The van der Waals surface area contributed by atoms with Crippen molar-refractivity contribution in [3.8, 4) is 0 Å². The smallest absolute Gasteiger partial charge is 0.0352 e. The maximum Gasteiger partial charge on any atom is 0.0352 e. The summed E-state index contributed by atoms with van der Waals surface area (Å²) in [5.41, 5.74) is 2.94. The Bertz CT molecular complexity index is 329. The molecule has 1 heteroatoms. The van der Waals surface area contributed by atoms with Crippen molar-refractivity contribution in [2.75, 3.05) is 7.05 Å². The van der Waals surface area contributed by atoms with Gasteiger partial charge in [0.25, 0.3) is 0 Å². The number of rotatable bonds is 4. The van der Waals surface area contributed by atoms with Crippen LogP contribution in [0.15, 0.2) is 36.9 Å². The van der Waals surface area contributed by atoms with E-state index < -0.39 is 0 Å². The molecule has 88 valence electrons. The van der Waals surface area contributed by atoms with Crippen LogP contribution in [-0.2, 0) is 5.41 Å². The molecule has 1 unspecified atom stereocenters. The highest BCUT2D eigenvalue weighted by Crippen LogP contribution is 2.24. The molecular formula is C15H23N. The molecule has 0 aliphatic rings. The molecule has 0 saturated heterocycles. The first-order valence-corrected chi connectivity index (χ1v) is 5.87. The fraction of sp³-hybridized carbons (Fsp3) is 0.467. The van der Waals surface area contributed by atoms with Crippen LogP contribution in [0.2, 0.25) is 0 Å². The Hall–Kier alpha value is -1.08. The van der Waals surface area contributed by atoms with Gasteiger partial charge in [0, 0.05) is 6.04 Å². The summed E-state index contributed by atoms with van der Waals surface area (Å²) in [7, 11) is 1.99. The number of hydrogen-bond acceptors (Lipinski definition) is 1. The Labute approximate surface area is 99.6 Å². The lowest BCUT2D eigenvalue weighted by atomic mass is 9.86. The largest absolute Gasteiger partial charge is 0.313 e. The SMILES string of the molecule is C=CCC(NC)c1ccc(C(C)(C)C)cc1. The summed E-state index contributed by atoms with van der Waals surface area (Å²) < 4.78 is 0. The van der Waals surface area contributed by atoms with Gasteiger partial charge < -0.3 is 5.32 Å². The molecule has 0 aliphatic carbocycles. The van der Waals surface area contributed by atoms with Crippen LogP contribution in [0.5, 0.6) is 0 Å². The lowest BCUT2D eigenvalue weighted by Gasteiger charge is -2.21. The van der Waals surface area contributed by atoms with E-state index in [-0.39, 0.29) is 5.41 Å². The zero-order chi connectivity index (χ0) is 12.2. The van der Waals surface area contributed by atoms with Crippen LogP contribution in [0.1, 0.15) is 44.4 Å². The quantitative estimate of drug-likeness (QED) is 0.756. The predicted octanol–water partition coefficient (Wildman–Crippen LogP) is 3.82. The van der Waals surface area contributed by atoms with Gasteiger partial charge in [0.05, 0.1) is 0 Å². The first-order valence-electron chi connectivity index (χ1n) is 5.87. The van der Waals surface area contributed by atoms with Crippen LogP contribution < -0.4 is 5.32 Å². The van der Waals surface area contributed by atoms with Gasteiger partial charge in [-0.05, 0) is 30.0 Å². The molecule has 0 bridgehead atoms. The number of nitrogens with one attached hydrogen (secondary N) is 1. The molecule has 0 spiro atoms. The Morgan fingerprint density at radius 3 is 2.19 bits per heavy atom. The van der Waals surface area contributed by atoms with Crippen LogP contribution in [0.3, 0.4) is 0 Å². The van der Waals surface area contributed by atoms with E-state index in [4.69, 9.17) is 0 Å². The van der Waals surface area contributed by atoms with Crippen molar-refractivity contribution in [3.63, 3.8) is 0 Å². The van der Waals surface area contributed by atoms with Crippen LogP contribution in [0.4, 0.5) is 0 Å². The third kappa shape index (κ3) is 3.21. The van der Waals surface area contributed by atoms with Gasteiger partial charge in [0.2, 0.25) is 0 Å². The minimum Gasteiger partial charge on any atom is -0.313 e. The Morgan fingerprint density at radius 1 is 1.25 bits per heavy atom. The first kappa shape index (κ1) is 13.0. The van der Waals surface area contributed by atoms with Crippen molar-refractivity contribution in [2.45, 2.75) is 38.6 Å². The standard InChI is InChI=1S/C15H23N/c1-6-7-14(16-5)12-8-10-13(11-9-12)15(2,3)4/h6,8-11,14,16H,1,7H2,2-5H3. The molecular weight excluding hydrogens is 194 g/mol. The van der Waals surface area contributed by atoms with Gasteiger partial charge in [-0.3, -0.25) is 0 Å². The number of benzene rings is 1. The highest BCUT2D eigenvalue weighted by atomic mass is 14.9. The maximum atomic E-state index is 3.79. The average Bonchev–Trinajstić information content (AvgIpc) is 2.25. The van der Waals surface area contributed by atoms with Gasteiger partial charge in [-0.25, -0.2) is 0 Å². The maximum absolute atomic E-state index is 3.79. The highest BCUT2D eigenvalue weighted by molar-refractivity contribution is 5.29. The molecule has 0 saturated carbocycles. The molecule has 0 aliphatic heterocycles. The highest BCUT2D eigenvalue weighted by Gasteiger charge is 2.14. The zero-order valence-electron chi connectivity index (χ0n) is 10.9. The van der Waals surface area contributed by atoms with Crippen molar-refractivity contribution in [1.29, 1.82) is 0 Å². The molecule has 0 aromatic heterocycles. The third-order valence-electron chi connectivity index (χ3n) is 2.93. The van der Waals surface area contributed by atoms with E-state index >= 15 is 0 Å². The summed E-state index contributed by atoms with van der Waals surface area (Å²) >= 11 is 0. The molecule has 0 heterocycles. The molecule has 1 aromatic rings. The normalized spacial score (nSPS) is 13.5. The first-order chi connectivity index (χ1) is 7.49. The Balaban J connectivity index is 2.89. The second kappa shape index (κ2) is 5.31. The summed E-state index contributed by atoms with van der Waals surface area (Å²) in [5.74, 6) is 0. The molecule has 0 fully saturated rings. The predicted molar refractivity (Wildman–Crippen MR) is 71.8 cm³/mol. The average molecular weight is 217 g/mol. The molecule has 1 nitrogen and oxygen atoms in total. The topological polar surface area (TPSA) is 12.0 Å². The molecule has 1 aromatic carbocycles. The zero-order valence-corrected chi connectivity index (χ0v) is 10.9. The second-order valence-corrected chi connectivity index (χ2v) is 5.24. The summed E-state index contributed by atoms with van der Waals surface area (Å²) in [6, 6.07) is 9.26. The fourth-order valence-electron chi connectivity index (χ4n) is 1.80. The van der Waals surface area contributed by atoms with Crippen molar-refractivity contribution in [3.05, 3.63) is 48.0 Å². The van der Waals surface area contributed by atoms with Crippen molar-refractivity contribution < 1.29 is 0 Å². The summed E-state index contributed by atoms with van der Waals surface area (Å²) in [6.07, 6.45) is 2.92. The van der Waals surface area contributed by atoms with Gasteiger partial charge in [0.15, 0.2) is 0 Å². The van der Waals surface area contributed by atoms with E-state index in [0.717, 1.165) is 6.42 Å². The van der Waals surface area contributed by atoms with E-state index in [0.29, 0.717) is 6.04 Å². The lowest BCUT2D eigenvalue weighted by Crippen LogP contribution is -2.16. The van der Waals surface area contributed by atoms with Crippen molar-refractivity contribution >= 4 is 0 Å². The number of hydrogen-bond donors (Lipinski definition) is 1. The van der Waals surface area contributed by atoms with Gasteiger partial charge in [-0.2, -0.15) is 0 Å². The minimum absolute atomic E-state index is 0.228. The van der Waals surface area contributed by atoms with Crippen LogP contribution in [0, 0.1) is 0 Å². The van der Waals surface area contributed by atoms with E-state index in [1.165, 1.54) is 11.1 Å². The van der Waals surface area contributed by atoms with Crippen LogP contribution >= 0.6 is 0 Å². The Morgan fingerprint density at radius 2 is 1.81 bits per heavy atom. The van der Waals surface area contributed by atoms with Crippen LogP contribution in [0.25, 0.3) is 0 Å². The molecule has 1 N–H and O–H groups in total. The van der Waals surface area contributed by atoms with Gasteiger partial charge in [0.1, 0.15) is 0 Å². The lowest BCUT2D eigenvalue weighted by molar-refractivity contribution is 0.583. The third-order valence-corrected chi connectivity index (χ3v) is 2.93. The molecule has 0 amide bonds. The molecule has 0 radical (unpaired) electrons. The summed E-state index contributed by atoms with van der Waals surface area (Å²) in [6.45, 7) is 10.5. The fourth-order valence-corrected chi connectivity index (χ4v) is 1.80. The second-order valence-electron chi connectivity index (χ2n) is 5.24. The summed E-state index contributed by atoms with van der Waals surface area (Å²) in [5, 5.41) is 3.31. The van der Waals surface area contributed by atoms with Gasteiger partial charge in [-0.1, -0.05) is 51.1 Å². The van der Waals surface area contributed by atoms with Gasteiger partial charge >= 0.3 is 0 Å². The molecule has 16 heavy (non-hydrogen) atoms. The molecule has 1 rings (SSSR count). The van der Waals surface area contributed by atoms with E-state index in [1.54, 1.807) is 0 Å². The summed E-state index contributed by atoms with van der Waals surface area (Å²) in [4.78, 5) is 0.